The number of benzene rings is 2. The number of hydrogen-bond acceptors (Lipinski definition) is 4. The van der Waals surface area contributed by atoms with Crippen molar-refractivity contribution in [2.45, 2.75) is 13.8 Å². The summed E-state index contributed by atoms with van der Waals surface area (Å²) < 4.78 is 0. The van der Waals surface area contributed by atoms with E-state index in [2.05, 4.69) is 15.6 Å². The van der Waals surface area contributed by atoms with Gasteiger partial charge in [0.05, 0.1) is 11.9 Å². The molecular weight excluding hydrogens is 362 g/mol. The third kappa shape index (κ3) is 4.51. The molecule has 0 unspecified atom stereocenters. The van der Waals surface area contributed by atoms with Crippen molar-refractivity contribution in [1.82, 2.24) is 4.98 Å². The second-order valence-corrected chi connectivity index (χ2v) is 6.47. The first-order valence-electron chi connectivity index (χ1n) is 8.34. The molecule has 27 heavy (non-hydrogen) atoms. The molecule has 0 aliphatic heterocycles. The summed E-state index contributed by atoms with van der Waals surface area (Å²) in [5.74, 6) is -0.314. The number of aromatic nitrogens is 1. The van der Waals surface area contributed by atoms with Crippen LogP contribution in [0.15, 0.2) is 60.8 Å². The Balaban J connectivity index is 1.71. The van der Waals surface area contributed by atoms with Gasteiger partial charge < -0.3 is 10.6 Å². The van der Waals surface area contributed by atoms with E-state index in [0.29, 0.717) is 22.0 Å². The SMILES string of the molecule is CC(=O)c1cccc(Nc2ccc(C(=O)Nc3cccc(Cl)c3C)nc2)c1. The highest BCUT2D eigenvalue weighted by molar-refractivity contribution is 6.31. The van der Waals surface area contributed by atoms with Crippen LogP contribution in [0.5, 0.6) is 0 Å². The molecule has 1 amide bonds. The van der Waals surface area contributed by atoms with Crippen LogP contribution in [0.2, 0.25) is 5.02 Å². The molecule has 0 aliphatic rings. The lowest BCUT2D eigenvalue weighted by Gasteiger charge is -2.10. The van der Waals surface area contributed by atoms with Crippen LogP contribution in [0.25, 0.3) is 0 Å². The van der Waals surface area contributed by atoms with Gasteiger partial charge in [0.15, 0.2) is 5.78 Å². The molecule has 2 N–H and O–H groups in total. The van der Waals surface area contributed by atoms with Gasteiger partial charge in [-0.05, 0) is 55.8 Å². The van der Waals surface area contributed by atoms with Gasteiger partial charge >= 0.3 is 0 Å². The fourth-order valence-corrected chi connectivity index (χ4v) is 2.69. The van der Waals surface area contributed by atoms with E-state index in [1.54, 1.807) is 48.7 Å². The first-order valence-corrected chi connectivity index (χ1v) is 8.72. The topological polar surface area (TPSA) is 71.1 Å². The van der Waals surface area contributed by atoms with Crippen LogP contribution in [0.3, 0.4) is 0 Å². The van der Waals surface area contributed by atoms with Gasteiger partial charge in [0, 0.05) is 22.0 Å². The Hall–Kier alpha value is -3.18. The Kier molecular flexibility index (Phi) is 5.52. The van der Waals surface area contributed by atoms with Gasteiger partial charge in [-0.3, -0.25) is 9.59 Å². The van der Waals surface area contributed by atoms with Gasteiger partial charge in [-0.2, -0.15) is 0 Å². The summed E-state index contributed by atoms with van der Waals surface area (Å²) in [6, 6.07) is 15.9. The van der Waals surface area contributed by atoms with E-state index in [0.717, 1.165) is 11.3 Å². The van der Waals surface area contributed by atoms with Crippen LogP contribution in [0, 0.1) is 6.92 Å². The molecule has 2 aromatic carbocycles. The van der Waals surface area contributed by atoms with Gasteiger partial charge in [-0.1, -0.05) is 29.8 Å². The van der Waals surface area contributed by atoms with Crippen LogP contribution >= 0.6 is 11.6 Å². The predicted octanol–water partition coefficient (Wildman–Crippen LogP) is 5.24. The summed E-state index contributed by atoms with van der Waals surface area (Å²) >= 11 is 6.08. The van der Waals surface area contributed by atoms with E-state index in [4.69, 9.17) is 11.6 Å². The summed E-state index contributed by atoms with van der Waals surface area (Å²) in [4.78, 5) is 28.1. The molecule has 3 rings (SSSR count). The molecule has 6 heteroatoms. The number of carbonyl (C=O) groups is 2. The highest BCUT2D eigenvalue weighted by Gasteiger charge is 2.10. The van der Waals surface area contributed by atoms with E-state index in [1.807, 2.05) is 19.1 Å². The standard InChI is InChI=1S/C21H18ClN3O2/c1-13-18(22)7-4-8-19(13)25-21(27)20-10-9-17(12-23-20)24-16-6-3-5-15(11-16)14(2)26/h3-12,24H,1-2H3,(H,25,27). The number of rotatable bonds is 5. The minimum atomic E-state index is -0.314. The molecule has 0 fully saturated rings. The van der Waals surface area contributed by atoms with Gasteiger partial charge in [-0.25, -0.2) is 4.98 Å². The van der Waals surface area contributed by atoms with E-state index in [1.165, 1.54) is 6.92 Å². The van der Waals surface area contributed by atoms with Crippen molar-refractivity contribution in [3.05, 3.63) is 82.6 Å². The minimum Gasteiger partial charge on any atom is -0.354 e. The molecule has 1 heterocycles. The zero-order valence-electron chi connectivity index (χ0n) is 14.9. The van der Waals surface area contributed by atoms with Crippen LogP contribution in [-0.4, -0.2) is 16.7 Å². The zero-order valence-corrected chi connectivity index (χ0v) is 15.7. The number of pyridine rings is 1. The number of Topliss-reactive ketones (excluding diaryl/α,β-unsaturated/α-hetero) is 1. The van der Waals surface area contributed by atoms with Gasteiger partial charge in [-0.15, -0.1) is 0 Å². The number of nitrogens with one attached hydrogen (secondary N) is 2. The van der Waals surface area contributed by atoms with Crippen molar-refractivity contribution < 1.29 is 9.59 Å². The lowest BCUT2D eigenvalue weighted by Crippen LogP contribution is -2.14. The third-order valence-corrected chi connectivity index (χ3v) is 4.48. The molecule has 136 valence electrons. The number of ketones is 1. The molecular formula is C21H18ClN3O2. The van der Waals surface area contributed by atoms with Crippen molar-refractivity contribution >= 4 is 40.4 Å². The number of anilines is 3. The molecule has 3 aromatic rings. The Labute approximate surface area is 162 Å². The second-order valence-electron chi connectivity index (χ2n) is 6.06. The summed E-state index contributed by atoms with van der Waals surface area (Å²) in [7, 11) is 0. The lowest BCUT2D eigenvalue weighted by molar-refractivity contribution is 0.101. The summed E-state index contributed by atoms with van der Waals surface area (Å²) in [6.07, 6.45) is 1.57. The Morgan fingerprint density at radius 3 is 2.48 bits per heavy atom. The summed E-state index contributed by atoms with van der Waals surface area (Å²) in [5, 5.41) is 6.57. The highest BCUT2D eigenvalue weighted by atomic mass is 35.5. The van der Waals surface area contributed by atoms with E-state index in [-0.39, 0.29) is 17.4 Å². The average Bonchev–Trinajstić information content (AvgIpc) is 2.66. The predicted molar refractivity (Wildman–Crippen MR) is 108 cm³/mol. The lowest BCUT2D eigenvalue weighted by atomic mass is 10.1. The number of halogens is 1. The number of amides is 1. The van der Waals surface area contributed by atoms with Gasteiger partial charge in [0.1, 0.15) is 5.69 Å². The molecule has 0 bridgehead atoms. The maximum Gasteiger partial charge on any atom is 0.274 e. The zero-order chi connectivity index (χ0) is 19.4. The Morgan fingerprint density at radius 1 is 1.00 bits per heavy atom. The van der Waals surface area contributed by atoms with Crippen LogP contribution < -0.4 is 10.6 Å². The van der Waals surface area contributed by atoms with Crippen molar-refractivity contribution in [2.24, 2.45) is 0 Å². The third-order valence-electron chi connectivity index (χ3n) is 4.07. The molecule has 0 atom stereocenters. The summed E-state index contributed by atoms with van der Waals surface area (Å²) in [6.45, 7) is 3.36. The molecule has 0 radical (unpaired) electrons. The molecule has 0 spiro atoms. The minimum absolute atomic E-state index is 0.0000952. The van der Waals surface area contributed by atoms with Gasteiger partial charge in [0.25, 0.3) is 5.91 Å². The number of nitrogens with zero attached hydrogens (tertiary/aromatic N) is 1. The monoisotopic (exact) mass is 379 g/mol. The summed E-state index contributed by atoms with van der Waals surface area (Å²) in [5.41, 5.74) is 3.86. The molecule has 1 aromatic heterocycles. The first kappa shape index (κ1) is 18.6. The Morgan fingerprint density at radius 2 is 1.78 bits per heavy atom. The average molecular weight is 380 g/mol. The fraction of sp³-hybridized carbons (Fsp3) is 0.0952. The largest absolute Gasteiger partial charge is 0.354 e. The molecule has 0 saturated heterocycles. The van der Waals surface area contributed by atoms with Crippen molar-refractivity contribution in [3.8, 4) is 0 Å². The Bertz CT molecular complexity index is 1000. The van der Waals surface area contributed by atoms with E-state index >= 15 is 0 Å². The maximum absolute atomic E-state index is 12.4. The van der Waals surface area contributed by atoms with Crippen LogP contribution in [0.1, 0.15) is 33.3 Å². The number of carbonyl (C=O) groups excluding carboxylic acids is 2. The van der Waals surface area contributed by atoms with E-state index in [9.17, 15) is 9.59 Å². The second kappa shape index (κ2) is 8.01. The van der Waals surface area contributed by atoms with Crippen LogP contribution in [0.4, 0.5) is 17.1 Å². The smallest absolute Gasteiger partial charge is 0.274 e. The highest BCUT2D eigenvalue weighted by Crippen LogP contribution is 2.23. The molecule has 5 nitrogen and oxygen atoms in total. The van der Waals surface area contributed by atoms with Gasteiger partial charge in [0.2, 0.25) is 0 Å². The van der Waals surface area contributed by atoms with E-state index < -0.39 is 0 Å². The van der Waals surface area contributed by atoms with Crippen molar-refractivity contribution in [1.29, 1.82) is 0 Å². The van der Waals surface area contributed by atoms with Crippen molar-refractivity contribution in [3.63, 3.8) is 0 Å². The maximum atomic E-state index is 12.4. The molecule has 0 aliphatic carbocycles. The quantitative estimate of drug-likeness (QED) is 0.594. The fourth-order valence-electron chi connectivity index (χ4n) is 2.51. The number of hydrogen-bond donors (Lipinski definition) is 2. The normalized spacial score (nSPS) is 10.3. The van der Waals surface area contributed by atoms with Crippen LogP contribution in [-0.2, 0) is 0 Å². The first-order chi connectivity index (χ1) is 12.9. The molecule has 0 saturated carbocycles. The van der Waals surface area contributed by atoms with Crippen molar-refractivity contribution in [2.75, 3.05) is 10.6 Å².